The fraction of sp³-hybridized carbons (Fsp3) is 0.174. The third kappa shape index (κ3) is 4.94. The second-order valence-corrected chi connectivity index (χ2v) is 10.3. The van der Waals surface area contributed by atoms with Gasteiger partial charge in [0.05, 0.1) is 25.7 Å². The Kier molecular flexibility index (Phi) is 7.56. The van der Waals surface area contributed by atoms with E-state index in [1.165, 1.54) is 21.9 Å². The molecule has 3 aromatic carbocycles. The van der Waals surface area contributed by atoms with E-state index in [1.54, 1.807) is 14.2 Å². The second kappa shape index (κ2) is 9.93. The number of halogens is 2. The van der Waals surface area contributed by atoms with Crippen LogP contribution in [0.25, 0.3) is 33.2 Å². The van der Waals surface area contributed by atoms with Crippen molar-refractivity contribution in [1.29, 1.82) is 0 Å². The number of fused-ring (bicyclic) bond motifs is 1. The molecule has 0 N–H and O–H groups in total. The van der Waals surface area contributed by atoms with Crippen LogP contribution in [-0.4, -0.2) is 14.2 Å². The third-order valence-corrected chi connectivity index (χ3v) is 4.76. The number of ether oxygens (including phenoxy) is 2. The van der Waals surface area contributed by atoms with E-state index in [1.807, 2.05) is 37.3 Å². The molecule has 0 aliphatic carbocycles. The molecule has 4 aromatic rings. The fourth-order valence-corrected chi connectivity index (χ4v) is 3.46. The maximum absolute atomic E-state index is 5.81. The molecule has 1 aromatic heterocycles. The van der Waals surface area contributed by atoms with Crippen LogP contribution in [0.4, 0.5) is 0 Å². The average Bonchev–Trinajstić information content (AvgIpc) is 3.34. The molecule has 0 fully saturated rings. The van der Waals surface area contributed by atoms with Crippen LogP contribution in [0.2, 0.25) is 0 Å². The predicted molar refractivity (Wildman–Crippen MR) is 117 cm³/mol. The molecule has 0 aliphatic heterocycles. The number of furan rings is 1. The molecule has 6 heteroatoms. The molecule has 0 bridgehead atoms. The SMILES string of the molecule is COc1cc(OC)cc(-c2c(C)ccc3[cH-]c(-c4ccc(C)o4)cc23)c1.[Cl][Zr][Cl]. The van der Waals surface area contributed by atoms with E-state index in [0.29, 0.717) is 0 Å². The molecule has 0 unspecified atom stereocenters. The van der Waals surface area contributed by atoms with Crippen LogP contribution in [0.15, 0.2) is 59.0 Å². The Hall–Kier alpha value is -1.61. The van der Waals surface area contributed by atoms with Crippen LogP contribution in [-0.2, 0) is 20.8 Å². The van der Waals surface area contributed by atoms with Gasteiger partial charge in [-0.05, 0) is 49.2 Å². The first-order valence-electron chi connectivity index (χ1n) is 8.97. The minimum absolute atomic E-state index is 0.782. The molecule has 1 heterocycles. The van der Waals surface area contributed by atoms with Crippen molar-refractivity contribution in [2.45, 2.75) is 13.8 Å². The summed E-state index contributed by atoms with van der Waals surface area (Å²) in [5.74, 6) is 3.37. The molecule has 3 nitrogen and oxygen atoms in total. The van der Waals surface area contributed by atoms with Crippen LogP contribution in [0.5, 0.6) is 11.5 Å². The van der Waals surface area contributed by atoms with E-state index in [2.05, 4.69) is 31.2 Å². The molecule has 4 rings (SSSR count). The zero-order valence-electron chi connectivity index (χ0n) is 16.7. The Morgan fingerprint density at radius 1 is 0.897 bits per heavy atom. The van der Waals surface area contributed by atoms with Crippen molar-refractivity contribution in [2.75, 3.05) is 14.2 Å². The molecule has 150 valence electrons. The van der Waals surface area contributed by atoms with Crippen molar-refractivity contribution in [3.05, 3.63) is 65.9 Å². The van der Waals surface area contributed by atoms with Crippen LogP contribution >= 0.6 is 17.0 Å². The molecule has 0 saturated heterocycles. The summed E-state index contributed by atoms with van der Waals surface area (Å²) in [7, 11) is 13.2. The van der Waals surface area contributed by atoms with Crippen LogP contribution in [0.3, 0.4) is 0 Å². The van der Waals surface area contributed by atoms with Gasteiger partial charge in [-0.1, -0.05) is 17.2 Å². The van der Waals surface area contributed by atoms with E-state index >= 15 is 0 Å². The normalized spacial score (nSPS) is 10.4. The molecule has 0 atom stereocenters. The van der Waals surface area contributed by atoms with Crippen molar-refractivity contribution in [1.82, 2.24) is 0 Å². The molecule has 0 aliphatic rings. The van der Waals surface area contributed by atoms with Crippen molar-refractivity contribution in [3.63, 3.8) is 0 Å². The number of methoxy groups -OCH3 is 2. The number of aryl methyl sites for hydroxylation is 2. The van der Waals surface area contributed by atoms with Crippen molar-refractivity contribution in [3.8, 4) is 33.9 Å². The molecule has 0 amide bonds. The Labute approximate surface area is 189 Å². The fourth-order valence-electron chi connectivity index (χ4n) is 3.46. The van der Waals surface area contributed by atoms with Crippen LogP contribution < -0.4 is 9.47 Å². The summed E-state index contributed by atoms with van der Waals surface area (Å²) < 4.78 is 16.7. The van der Waals surface area contributed by atoms with E-state index in [0.717, 1.165) is 34.1 Å². The molecule has 29 heavy (non-hydrogen) atoms. The van der Waals surface area contributed by atoms with Crippen molar-refractivity contribution >= 4 is 27.8 Å². The summed E-state index contributed by atoms with van der Waals surface area (Å²) in [6, 6.07) is 18.7. The maximum atomic E-state index is 5.81. The van der Waals surface area contributed by atoms with E-state index in [9.17, 15) is 0 Å². The Morgan fingerprint density at radius 2 is 1.55 bits per heavy atom. The molecule has 0 saturated carbocycles. The average molecular weight is 508 g/mol. The Balaban J connectivity index is 0.000000755. The summed E-state index contributed by atoms with van der Waals surface area (Å²) in [5.41, 5.74) is 4.57. The van der Waals surface area contributed by atoms with E-state index in [4.69, 9.17) is 30.9 Å². The van der Waals surface area contributed by atoms with Crippen LogP contribution in [0, 0.1) is 13.8 Å². The van der Waals surface area contributed by atoms with Gasteiger partial charge >= 0.3 is 37.9 Å². The Morgan fingerprint density at radius 3 is 2.10 bits per heavy atom. The Bertz CT molecular complexity index is 1090. The first kappa shape index (κ1) is 22.1. The zero-order valence-corrected chi connectivity index (χ0v) is 20.6. The second-order valence-electron chi connectivity index (χ2n) is 6.59. The standard InChI is InChI=1S/C23H21O3.2ClH.Zr/c1-14-5-7-16-9-17(22-8-6-15(2)26-22)12-21(16)23(14)18-10-19(24-3)13-20(11-18)25-4;;;/h5-13H,1-4H3;2*1H;/q-1;;;+2/p-2. The van der Waals surface area contributed by atoms with Crippen molar-refractivity contribution in [2.24, 2.45) is 0 Å². The van der Waals surface area contributed by atoms with Gasteiger partial charge in [-0.15, -0.1) is 29.0 Å². The molecule has 0 spiro atoms. The van der Waals surface area contributed by atoms with Gasteiger partial charge in [0, 0.05) is 6.07 Å². The van der Waals surface area contributed by atoms with Gasteiger partial charge in [-0.2, -0.15) is 0 Å². The van der Waals surface area contributed by atoms with Gasteiger partial charge in [-0.3, -0.25) is 0 Å². The van der Waals surface area contributed by atoms with Crippen LogP contribution in [0.1, 0.15) is 11.3 Å². The molecular formula is C23H21Cl2O3Zr-. The summed E-state index contributed by atoms with van der Waals surface area (Å²) in [6.45, 7) is 4.09. The predicted octanol–water partition coefficient (Wildman–Crippen LogP) is 7.50. The van der Waals surface area contributed by atoms with E-state index < -0.39 is 20.8 Å². The number of rotatable bonds is 4. The van der Waals surface area contributed by atoms with Gasteiger partial charge in [0.15, 0.2) is 0 Å². The summed E-state index contributed by atoms with van der Waals surface area (Å²) in [5, 5.41) is 2.39. The number of benzene rings is 2. The van der Waals surface area contributed by atoms with Gasteiger partial charge in [-0.25, -0.2) is 0 Å². The topological polar surface area (TPSA) is 31.6 Å². The number of hydrogen-bond donors (Lipinski definition) is 0. The minimum atomic E-state index is -0.826. The van der Waals surface area contributed by atoms with Gasteiger partial charge in [0.1, 0.15) is 11.5 Å². The first-order chi connectivity index (χ1) is 14.0. The third-order valence-electron chi connectivity index (χ3n) is 4.76. The molecule has 0 radical (unpaired) electrons. The van der Waals surface area contributed by atoms with E-state index in [-0.39, 0.29) is 0 Å². The van der Waals surface area contributed by atoms with Gasteiger partial charge in [0.25, 0.3) is 0 Å². The summed E-state index contributed by atoms with van der Waals surface area (Å²) in [4.78, 5) is 0. The van der Waals surface area contributed by atoms with Gasteiger partial charge < -0.3 is 13.9 Å². The first-order valence-corrected chi connectivity index (χ1v) is 15.3. The van der Waals surface area contributed by atoms with Crippen molar-refractivity contribution < 1.29 is 34.7 Å². The zero-order chi connectivity index (χ0) is 21.0. The quantitative estimate of drug-likeness (QED) is 0.268. The number of hydrogen-bond acceptors (Lipinski definition) is 3. The van der Waals surface area contributed by atoms with Gasteiger partial charge in [0.2, 0.25) is 0 Å². The summed E-state index contributed by atoms with van der Waals surface area (Å²) >= 11 is -0.826. The summed E-state index contributed by atoms with van der Waals surface area (Å²) in [6.07, 6.45) is 0. The monoisotopic (exact) mass is 505 g/mol. The molecular weight excluding hydrogens is 486 g/mol.